The molecule has 7 heteroatoms. The molecule has 3 aromatic rings. The third kappa shape index (κ3) is 3.61. The van der Waals surface area contributed by atoms with Crippen LogP contribution in [0.4, 0.5) is 5.69 Å². The quantitative estimate of drug-likeness (QED) is 0.544. The van der Waals surface area contributed by atoms with Crippen LogP contribution in [-0.2, 0) is 18.3 Å². The van der Waals surface area contributed by atoms with Crippen molar-refractivity contribution in [2.45, 2.75) is 24.9 Å². The van der Waals surface area contributed by atoms with Crippen molar-refractivity contribution >= 4 is 34.3 Å². The van der Waals surface area contributed by atoms with Crippen LogP contribution in [-0.4, -0.2) is 26.7 Å². The summed E-state index contributed by atoms with van der Waals surface area (Å²) in [6.45, 7) is 1.80. The van der Waals surface area contributed by atoms with E-state index in [0.29, 0.717) is 22.8 Å². The fourth-order valence-electron chi connectivity index (χ4n) is 2.84. The maximum atomic E-state index is 12.3. The summed E-state index contributed by atoms with van der Waals surface area (Å²) in [5.41, 5.74) is 2.90. The van der Waals surface area contributed by atoms with Gasteiger partial charge >= 0.3 is 0 Å². The predicted octanol–water partition coefficient (Wildman–Crippen LogP) is 2.86. The monoisotopic (exact) mass is 356 g/mol. The Hall–Kier alpha value is -2.54. The zero-order valence-corrected chi connectivity index (χ0v) is 15.2. The normalized spacial score (nSPS) is 11.0. The van der Waals surface area contributed by atoms with Crippen molar-refractivity contribution in [1.82, 2.24) is 14.5 Å². The topological polar surface area (TPSA) is 79.8 Å². The lowest BCUT2D eigenvalue weighted by Gasteiger charge is -2.08. The number of amides is 1. The van der Waals surface area contributed by atoms with Gasteiger partial charge in [-0.25, -0.2) is 4.98 Å². The first-order valence-electron chi connectivity index (χ1n) is 7.97. The molecule has 0 saturated carbocycles. The molecule has 1 amide bonds. The van der Waals surface area contributed by atoms with Crippen molar-refractivity contribution < 1.29 is 4.79 Å². The Bertz CT molecular complexity index is 990. The van der Waals surface area contributed by atoms with E-state index in [2.05, 4.69) is 15.3 Å². The molecule has 2 heterocycles. The molecular formula is C18H20N4O2S. The van der Waals surface area contributed by atoms with Gasteiger partial charge in [-0.1, -0.05) is 17.8 Å². The summed E-state index contributed by atoms with van der Waals surface area (Å²) < 4.78 is 2.01. The summed E-state index contributed by atoms with van der Waals surface area (Å²) in [6.07, 6.45) is 4.41. The SMILES string of the molecule is CSc1nc(C)c(CCC(=O)Nc2cccc3c2ccn3C)c(=O)[nH]1. The lowest BCUT2D eigenvalue weighted by molar-refractivity contribution is -0.116. The lowest BCUT2D eigenvalue weighted by atomic mass is 10.1. The molecule has 0 aliphatic rings. The number of anilines is 1. The fraction of sp³-hybridized carbons (Fsp3) is 0.278. The van der Waals surface area contributed by atoms with Gasteiger partial charge in [0, 0.05) is 41.8 Å². The van der Waals surface area contributed by atoms with Gasteiger partial charge in [-0.05, 0) is 37.8 Å². The number of carbonyl (C=O) groups excluding carboxylic acids is 1. The summed E-state index contributed by atoms with van der Waals surface area (Å²) in [5, 5.41) is 4.53. The molecule has 2 aromatic heterocycles. The van der Waals surface area contributed by atoms with Crippen LogP contribution in [0, 0.1) is 6.92 Å². The Morgan fingerprint density at radius 2 is 2.16 bits per heavy atom. The number of rotatable bonds is 5. The number of thioether (sulfide) groups is 1. The van der Waals surface area contributed by atoms with E-state index in [1.165, 1.54) is 11.8 Å². The van der Waals surface area contributed by atoms with E-state index in [1.54, 1.807) is 6.92 Å². The lowest BCUT2D eigenvalue weighted by Crippen LogP contribution is -2.20. The minimum Gasteiger partial charge on any atom is -0.350 e. The zero-order valence-electron chi connectivity index (χ0n) is 14.4. The molecule has 3 rings (SSSR count). The maximum Gasteiger partial charge on any atom is 0.254 e. The molecule has 130 valence electrons. The molecule has 0 aliphatic heterocycles. The van der Waals surface area contributed by atoms with Crippen LogP contribution in [0.5, 0.6) is 0 Å². The molecule has 6 nitrogen and oxygen atoms in total. The molecule has 1 aromatic carbocycles. The first-order valence-corrected chi connectivity index (χ1v) is 9.19. The molecule has 0 atom stereocenters. The summed E-state index contributed by atoms with van der Waals surface area (Å²) >= 11 is 1.39. The van der Waals surface area contributed by atoms with Crippen LogP contribution in [0.2, 0.25) is 0 Å². The van der Waals surface area contributed by atoms with Crippen molar-refractivity contribution in [3.05, 3.63) is 52.1 Å². The highest BCUT2D eigenvalue weighted by molar-refractivity contribution is 7.98. The molecule has 0 unspecified atom stereocenters. The summed E-state index contributed by atoms with van der Waals surface area (Å²) in [4.78, 5) is 31.5. The number of aryl methyl sites for hydroxylation is 2. The summed E-state index contributed by atoms with van der Waals surface area (Å²) in [6, 6.07) is 7.78. The number of hydrogen-bond acceptors (Lipinski definition) is 4. The third-order valence-corrected chi connectivity index (χ3v) is 4.78. The second kappa shape index (κ2) is 7.14. The number of nitrogens with zero attached hydrogens (tertiary/aromatic N) is 2. The minimum absolute atomic E-state index is 0.121. The number of benzene rings is 1. The van der Waals surface area contributed by atoms with Crippen LogP contribution < -0.4 is 10.9 Å². The van der Waals surface area contributed by atoms with Crippen molar-refractivity contribution in [2.75, 3.05) is 11.6 Å². The Morgan fingerprint density at radius 1 is 1.36 bits per heavy atom. The number of aromatic nitrogens is 3. The second-order valence-corrected chi connectivity index (χ2v) is 6.65. The van der Waals surface area contributed by atoms with Gasteiger partial charge in [0.05, 0.1) is 5.69 Å². The zero-order chi connectivity index (χ0) is 18.0. The number of fused-ring (bicyclic) bond motifs is 1. The standard InChI is InChI=1S/C18H20N4O2S/c1-11-12(17(24)21-18(19-11)25-3)7-8-16(23)20-14-5-4-6-15-13(14)9-10-22(15)2/h4-6,9-10H,7-8H2,1-3H3,(H,20,23)(H,19,21,24). The highest BCUT2D eigenvalue weighted by Crippen LogP contribution is 2.24. The molecule has 0 bridgehead atoms. The van der Waals surface area contributed by atoms with Crippen molar-refractivity contribution in [1.29, 1.82) is 0 Å². The van der Waals surface area contributed by atoms with Crippen LogP contribution in [0.25, 0.3) is 10.9 Å². The van der Waals surface area contributed by atoms with Gasteiger partial charge in [0.1, 0.15) is 0 Å². The van der Waals surface area contributed by atoms with Crippen molar-refractivity contribution in [2.24, 2.45) is 7.05 Å². The second-order valence-electron chi connectivity index (χ2n) is 5.85. The number of hydrogen-bond donors (Lipinski definition) is 2. The number of H-pyrrole nitrogens is 1. The Labute approximate surface area is 149 Å². The number of nitrogens with one attached hydrogen (secondary N) is 2. The largest absolute Gasteiger partial charge is 0.350 e. The Balaban J connectivity index is 1.72. The molecule has 0 aliphatic carbocycles. The van der Waals surface area contributed by atoms with Gasteiger partial charge in [0.2, 0.25) is 5.91 Å². The Kier molecular flexibility index (Phi) is 4.94. The summed E-state index contributed by atoms with van der Waals surface area (Å²) in [5.74, 6) is -0.121. The highest BCUT2D eigenvalue weighted by atomic mass is 32.2. The number of aromatic amines is 1. The minimum atomic E-state index is -0.171. The molecule has 0 spiro atoms. The van der Waals surface area contributed by atoms with Gasteiger partial charge < -0.3 is 14.9 Å². The molecular weight excluding hydrogens is 336 g/mol. The highest BCUT2D eigenvalue weighted by Gasteiger charge is 2.12. The van der Waals surface area contributed by atoms with E-state index in [1.807, 2.05) is 48.3 Å². The van der Waals surface area contributed by atoms with Crippen LogP contribution in [0.3, 0.4) is 0 Å². The van der Waals surface area contributed by atoms with Gasteiger partial charge in [0.15, 0.2) is 5.16 Å². The van der Waals surface area contributed by atoms with E-state index in [-0.39, 0.29) is 17.9 Å². The van der Waals surface area contributed by atoms with Gasteiger partial charge in [0.25, 0.3) is 5.56 Å². The van der Waals surface area contributed by atoms with E-state index in [4.69, 9.17) is 0 Å². The smallest absolute Gasteiger partial charge is 0.254 e. The average Bonchev–Trinajstić information content (AvgIpc) is 2.96. The molecule has 2 N–H and O–H groups in total. The third-order valence-electron chi connectivity index (χ3n) is 4.20. The summed E-state index contributed by atoms with van der Waals surface area (Å²) in [7, 11) is 1.97. The predicted molar refractivity (Wildman–Crippen MR) is 101 cm³/mol. The van der Waals surface area contributed by atoms with E-state index in [0.717, 1.165) is 16.6 Å². The molecule has 25 heavy (non-hydrogen) atoms. The first kappa shape index (κ1) is 17.3. The maximum absolute atomic E-state index is 12.3. The molecule has 0 fully saturated rings. The number of carbonyl (C=O) groups is 1. The van der Waals surface area contributed by atoms with Gasteiger partial charge in [-0.15, -0.1) is 0 Å². The van der Waals surface area contributed by atoms with Crippen molar-refractivity contribution in [3.63, 3.8) is 0 Å². The Morgan fingerprint density at radius 3 is 2.88 bits per heavy atom. The van der Waals surface area contributed by atoms with Crippen LogP contribution in [0.1, 0.15) is 17.7 Å². The van der Waals surface area contributed by atoms with Crippen LogP contribution >= 0.6 is 11.8 Å². The average molecular weight is 356 g/mol. The van der Waals surface area contributed by atoms with Crippen LogP contribution in [0.15, 0.2) is 40.4 Å². The van der Waals surface area contributed by atoms with Crippen molar-refractivity contribution in [3.8, 4) is 0 Å². The molecule has 0 saturated heterocycles. The van der Waals surface area contributed by atoms with E-state index < -0.39 is 0 Å². The fourth-order valence-corrected chi connectivity index (χ4v) is 3.26. The first-order chi connectivity index (χ1) is 12.0. The van der Waals surface area contributed by atoms with E-state index >= 15 is 0 Å². The molecule has 0 radical (unpaired) electrons. The van der Waals surface area contributed by atoms with Gasteiger partial charge in [-0.3, -0.25) is 9.59 Å². The van der Waals surface area contributed by atoms with E-state index in [9.17, 15) is 9.59 Å². The van der Waals surface area contributed by atoms with Gasteiger partial charge in [-0.2, -0.15) is 0 Å².